The SMILES string of the molecule is COCc1nnc(NC(=O)CN2CCCCC2c2ccccn2)s1. The fraction of sp³-hybridized carbons (Fsp3) is 0.500. The molecule has 2 aromatic rings. The van der Waals surface area contributed by atoms with Crippen molar-refractivity contribution in [3.05, 3.63) is 35.1 Å². The first kappa shape index (κ1) is 16.9. The van der Waals surface area contributed by atoms with Gasteiger partial charge in [0.25, 0.3) is 0 Å². The van der Waals surface area contributed by atoms with Gasteiger partial charge in [-0.25, -0.2) is 0 Å². The Balaban J connectivity index is 1.61. The van der Waals surface area contributed by atoms with Gasteiger partial charge in [0, 0.05) is 13.3 Å². The molecular weight excluding hydrogens is 326 g/mol. The van der Waals surface area contributed by atoms with Crippen LogP contribution in [0.1, 0.15) is 36.0 Å². The second-order valence-corrected chi connectivity index (χ2v) is 6.78. The summed E-state index contributed by atoms with van der Waals surface area (Å²) in [7, 11) is 1.60. The third-order valence-corrected chi connectivity index (χ3v) is 4.78. The Morgan fingerprint density at radius 1 is 1.42 bits per heavy atom. The Bertz CT molecular complexity index is 663. The van der Waals surface area contributed by atoms with E-state index in [2.05, 4.69) is 25.4 Å². The summed E-state index contributed by atoms with van der Waals surface area (Å²) in [4.78, 5) is 19.0. The summed E-state index contributed by atoms with van der Waals surface area (Å²) in [6.45, 7) is 1.64. The summed E-state index contributed by atoms with van der Waals surface area (Å²) < 4.78 is 5.01. The minimum Gasteiger partial charge on any atom is -0.377 e. The number of nitrogens with one attached hydrogen (secondary N) is 1. The quantitative estimate of drug-likeness (QED) is 0.863. The van der Waals surface area contributed by atoms with E-state index < -0.39 is 0 Å². The van der Waals surface area contributed by atoms with E-state index in [4.69, 9.17) is 4.74 Å². The summed E-state index contributed by atoms with van der Waals surface area (Å²) >= 11 is 1.33. The van der Waals surface area contributed by atoms with Crippen LogP contribution in [-0.2, 0) is 16.1 Å². The highest BCUT2D eigenvalue weighted by molar-refractivity contribution is 7.15. The molecule has 1 amide bonds. The van der Waals surface area contributed by atoms with Crippen molar-refractivity contribution in [1.82, 2.24) is 20.1 Å². The van der Waals surface area contributed by atoms with E-state index in [-0.39, 0.29) is 11.9 Å². The van der Waals surface area contributed by atoms with Crippen LogP contribution in [0.5, 0.6) is 0 Å². The van der Waals surface area contributed by atoms with Gasteiger partial charge in [0.2, 0.25) is 11.0 Å². The third kappa shape index (κ3) is 4.34. The largest absolute Gasteiger partial charge is 0.377 e. The number of carbonyl (C=O) groups excluding carboxylic acids is 1. The van der Waals surface area contributed by atoms with Crippen molar-refractivity contribution in [1.29, 1.82) is 0 Å². The molecule has 0 bridgehead atoms. The molecule has 8 heteroatoms. The lowest BCUT2D eigenvalue weighted by molar-refractivity contribution is -0.118. The molecule has 0 aromatic carbocycles. The van der Waals surface area contributed by atoms with Gasteiger partial charge in [-0.05, 0) is 31.5 Å². The maximum atomic E-state index is 12.4. The summed E-state index contributed by atoms with van der Waals surface area (Å²) in [5.41, 5.74) is 1.03. The van der Waals surface area contributed by atoms with Crippen molar-refractivity contribution in [3.63, 3.8) is 0 Å². The predicted octanol–water partition coefficient (Wildman–Crippen LogP) is 2.25. The summed E-state index contributed by atoms with van der Waals surface area (Å²) in [6, 6.07) is 6.14. The predicted molar refractivity (Wildman–Crippen MR) is 91.7 cm³/mol. The topological polar surface area (TPSA) is 80.2 Å². The average molecular weight is 347 g/mol. The lowest BCUT2D eigenvalue weighted by Gasteiger charge is -2.34. The van der Waals surface area contributed by atoms with E-state index in [1.54, 1.807) is 13.3 Å². The molecule has 1 aliphatic rings. The molecule has 0 radical (unpaired) electrons. The maximum Gasteiger partial charge on any atom is 0.240 e. The van der Waals surface area contributed by atoms with Crippen LogP contribution in [-0.4, -0.2) is 46.2 Å². The maximum absolute atomic E-state index is 12.4. The zero-order chi connectivity index (χ0) is 16.8. The smallest absolute Gasteiger partial charge is 0.240 e. The zero-order valence-electron chi connectivity index (χ0n) is 13.6. The number of methoxy groups -OCH3 is 1. The number of piperidine rings is 1. The number of ether oxygens (including phenoxy) is 1. The van der Waals surface area contributed by atoms with Crippen LogP contribution in [0.25, 0.3) is 0 Å². The molecule has 0 saturated carbocycles. The molecule has 3 heterocycles. The number of likely N-dealkylation sites (tertiary alicyclic amines) is 1. The van der Waals surface area contributed by atoms with Gasteiger partial charge < -0.3 is 4.74 Å². The van der Waals surface area contributed by atoms with Crippen LogP contribution in [0.15, 0.2) is 24.4 Å². The number of rotatable bonds is 6. The van der Waals surface area contributed by atoms with Gasteiger partial charge in [-0.3, -0.25) is 20.0 Å². The molecule has 24 heavy (non-hydrogen) atoms. The first-order valence-corrected chi connectivity index (χ1v) is 8.84. The van der Waals surface area contributed by atoms with Crippen molar-refractivity contribution < 1.29 is 9.53 Å². The molecule has 0 spiro atoms. The van der Waals surface area contributed by atoms with Crippen molar-refractivity contribution in [2.24, 2.45) is 0 Å². The molecule has 1 N–H and O–H groups in total. The lowest BCUT2D eigenvalue weighted by Crippen LogP contribution is -2.39. The summed E-state index contributed by atoms with van der Waals surface area (Å²) in [6.07, 6.45) is 5.10. The Hall–Kier alpha value is -1.90. The van der Waals surface area contributed by atoms with Crippen molar-refractivity contribution in [2.75, 3.05) is 25.5 Å². The molecule has 128 valence electrons. The highest BCUT2D eigenvalue weighted by Crippen LogP contribution is 2.29. The van der Waals surface area contributed by atoms with Crippen LogP contribution < -0.4 is 5.32 Å². The van der Waals surface area contributed by atoms with Crippen molar-refractivity contribution in [2.45, 2.75) is 31.9 Å². The normalized spacial score (nSPS) is 18.5. The molecule has 0 aliphatic carbocycles. The number of hydrogen-bond donors (Lipinski definition) is 1. The Morgan fingerprint density at radius 3 is 3.12 bits per heavy atom. The van der Waals surface area contributed by atoms with E-state index in [1.165, 1.54) is 11.3 Å². The van der Waals surface area contributed by atoms with Gasteiger partial charge in [0.1, 0.15) is 11.6 Å². The number of aromatic nitrogens is 3. The summed E-state index contributed by atoms with van der Waals surface area (Å²) in [5.74, 6) is -0.0713. The van der Waals surface area contributed by atoms with Gasteiger partial charge in [-0.15, -0.1) is 10.2 Å². The minimum absolute atomic E-state index is 0.0713. The monoisotopic (exact) mass is 347 g/mol. The molecule has 7 nitrogen and oxygen atoms in total. The summed E-state index contributed by atoms with van der Waals surface area (Å²) in [5, 5.41) is 12.0. The zero-order valence-corrected chi connectivity index (χ0v) is 14.5. The molecule has 1 unspecified atom stereocenters. The van der Waals surface area contributed by atoms with E-state index in [0.29, 0.717) is 18.3 Å². The highest BCUT2D eigenvalue weighted by atomic mass is 32.1. The molecular formula is C16H21N5O2S. The molecule has 1 aliphatic heterocycles. The average Bonchev–Trinajstić information content (AvgIpc) is 3.03. The number of anilines is 1. The fourth-order valence-electron chi connectivity index (χ4n) is 2.92. The van der Waals surface area contributed by atoms with E-state index in [9.17, 15) is 4.79 Å². The second kappa shape index (κ2) is 8.27. The van der Waals surface area contributed by atoms with Crippen molar-refractivity contribution in [3.8, 4) is 0 Å². The molecule has 3 rings (SSSR count). The van der Waals surface area contributed by atoms with Crippen molar-refractivity contribution >= 4 is 22.4 Å². The van der Waals surface area contributed by atoms with E-state index in [1.807, 2.05) is 18.2 Å². The standard InChI is InChI=1S/C16H21N5O2S/c1-23-11-15-19-20-16(24-15)18-14(22)10-21-9-5-3-7-13(21)12-6-2-4-8-17-12/h2,4,6,8,13H,3,5,7,9-11H2,1H3,(H,18,20,22). The Kier molecular flexibility index (Phi) is 5.84. The van der Waals surface area contributed by atoms with Gasteiger partial charge in [-0.2, -0.15) is 0 Å². The van der Waals surface area contributed by atoms with Crippen LogP contribution in [0.4, 0.5) is 5.13 Å². The van der Waals surface area contributed by atoms with Gasteiger partial charge in [0.15, 0.2) is 0 Å². The first-order chi connectivity index (χ1) is 11.8. The molecule has 1 fully saturated rings. The second-order valence-electron chi connectivity index (χ2n) is 5.72. The van der Waals surface area contributed by atoms with Gasteiger partial charge in [0.05, 0.1) is 18.3 Å². The number of hydrogen-bond acceptors (Lipinski definition) is 7. The first-order valence-electron chi connectivity index (χ1n) is 8.02. The van der Waals surface area contributed by atoms with Gasteiger partial charge >= 0.3 is 0 Å². The fourth-order valence-corrected chi connectivity index (χ4v) is 3.65. The van der Waals surface area contributed by atoms with Crippen LogP contribution in [0, 0.1) is 0 Å². The number of carbonyl (C=O) groups is 1. The number of amides is 1. The van der Waals surface area contributed by atoms with Crippen LogP contribution in [0.3, 0.4) is 0 Å². The van der Waals surface area contributed by atoms with E-state index >= 15 is 0 Å². The van der Waals surface area contributed by atoms with Crippen LogP contribution in [0.2, 0.25) is 0 Å². The Morgan fingerprint density at radius 2 is 2.33 bits per heavy atom. The number of nitrogens with zero attached hydrogens (tertiary/aromatic N) is 4. The molecule has 1 atom stereocenters. The third-order valence-electron chi connectivity index (χ3n) is 3.97. The lowest BCUT2D eigenvalue weighted by atomic mass is 9.99. The minimum atomic E-state index is -0.0713. The van der Waals surface area contributed by atoms with Gasteiger partial charge in [-0.1, -0.05) is 23.8 Å². The number of pyridine rings is 1. The van der Waals surface area contributed by atoms with E-state index in [0.717, 1.165) is 36.5 Å². The Labute approximate surface area is 145 Å². The molecule has 2 aromatic heterocycles. The molecule has 1 saturated heterocycles. The van der Waals surface area contributed by atoms with Crippen LogP contribution >= 0.6 is 11.3 Å². The highest BCUT2D eigenvalue weighted by Gasteiger charge is 2.26.